The minimum Gasteiger partial charge on any atom is -0.497 e. The van der Waals surface area contributed by atoms with Gasteiger partial charge in [0.25, 0.3) is 0 Å². The normalized spacial score (nSPS) is 16.5. The van der Waals surface area contributed by atoms with Crippen molar-refractivity contribution in [1.82, 2.24) is 14.9 Å². The minimum atomic E-state index is -0.0668. The standard InChI is InChI=1S/C23H28N4O3/c1-26-20-9-5-4-8-19(20)25-23(26)27-12-6-7-17(15-27)22(28)24-14-16-10-11-18(29-2)13-21(16)30-3/h4-5,8-11,13,17H,6-7,12,14-15H2,1-3H3,(H,24,28)/t17-/m0/s1. The molecule has 0 spiro atoms. The van der Waals surface area contributed by atoms with Crippen LogP contribution in [0, 0.1) is 5.92 Å². The maximum Gasteiger partial charge on any atom is 0.225 e. The summed E-state index contributed by atoms with van der Waals surface area (Å²) in [6.07, 6.45) is 1.85. The molecule has 1 aliphatic heterocycles. The number of rotatable bonds is 6. The van der Waals surface area contributed by atoms with Crippen LogP contribution in [0.4, 0.5) is 5.95 Å². The summed E-state index contributed by atoms with van der Waals surface area (Å²) >= 11 is 0. The Balaban J connectivity index is 1.43. The summed E-state index contributed by atoms with van der Waals surface area (Å²) in [5.41, 5.74) is 3.01. The Morgan fingerprint density at radius 3 is 2.80 bits per heavy atom. The van der Waals surface area contributed by atoms with Crippen LogP contribution in [0.25, 0.3) is 11.0 Å². The van der Waals surface area contributed by atoms with Gasteiger partial charge in [0, 0.05) is 38.3 Å². The van der Waals surface area contributed by atoms with E-state index in [1.807, 2.05) is 43.4 Å². The second kappa shape index (κ2) is 8.65. The maximum atomic E-state index is 12.9. The first-order valence-corrected chi connectivity index (χ1v) is 10.3. The van der Waals surface area contributed by atoms with E-state index < -0.39 is 0 Å². The molecule has 1 atom stereocenters. The highest BCUT2D eigenvalue weighted by Gasteiger charge is 2.28. The van der Waals surface area contributed by atoms with Crippen LogP contribution in [0.15, 0.2) is 42.5 Å². The quantitative estimate of drug-likeness (QED) is 0.679. The van der Waals surface area contributed by atoms with E-state index in [1.165, 1.54) is 0 Å². The topological polar surface area (TPSA) is 68.6 Å². The van der Waals surface area contributed by atoms with Gasteiger partial charge in [-0.3, -0.25) is 4.79 Å². The van der Waals surface area contributed by atoms with Crippen molar-refractivity contribution in [2.75, 3.05) is 32.2 Å². The predicted molar refractivity (Wildman–Crippen MR) is 117 cm³/mol. The summed E-state index contributed by atoms with van der Waals surface area (Å²) < 4.78 is 12.8. The number of carbonyl (C=O) groups is 1. The summed E-state index contributed by atoms with van der Waals surface area (Å²) in [6.45, 7) is 2.00. The van der Waals surface area contributed by atoms with Crippen molar-refractivity contribution in [2.45, 2.75) is 19.4 Å². The highest BCUT2D eigenvalue weighted by Crippen LogP contribution is 2.27. The van der Waals surface area contributed by atoms with Gasteiger partial charge in [0.05, 0.1) is 31.2 Å². The molecule has 158 valence electrons. The van der Waals surface area contributed by atoms with Crippen molar-refractivity contribution < 1.29 is 14.3 Å². The lowest BCUT2D eigenvalue weighted by atomic mass is 9.97. The van der Waals surface area contributed by atoms with Gasteiger partial charge < -0.3 is 24.3 Å². The lowest BCUT2D eigenvalue weighted by Gasteiger charge is -2.32. The van der Waals surface area contributed by atoms with Crippen molar-refractivity contribution in [1.29, 1.82) is 0 Å². The van der Waals surface area contributed by atoms with Gasteiger partial charge in [0.15, 0.2) is 0 Å². The molecule has 2 heterocycles. The summed E-state index contributed by atoms with van der Waals surface area (Å²) in [5.74, 6) is 2.36. The molecule has 0 saturated carbocycles. The number of ether oxygens (including phenoxy) is 2. The fourth-order valence-corrected chi connectivity index (χ4v) is 4.11. The molecule has 0 bridgehead atoms. The van der Waals surface area contributed by atoms with Gasteiger partial charge >= 0.3 is 0 Å². The smallest absolute Gasteiger partial charge is 0.225 e. The average molecular weight is 409 g/mol. The molecule has 30 heavy (non-hydrogen) atoms. The van der Waals surface area contributed by atoms with Gasteiger partial charge in [0.2, 0.25) is 11.9 Å². The molecular weight excluding hydrogens is 380 g/mol. The molecule has 0 radical (unpaired) electrons. The second-order valence-electron chi connectivity index (χ2n) is 7.64. The largest absolute Gasteiger partial charge is 0.497 e. The van der Waals surface area contributed by atoms with Gasteiger partial charge in [-0.05, 0) is 37.1 Å². The van der Waals surface area contributed by atoms with Crippen LogP contribution in [0.3, 0.4) is 0 Å². The van der Waals surface area contributed by atoms with Crippen molar-refractivity contribution in [2.24, 2.45) is 13.0 Å². The van der Waals surface area contributed by atoms with Crippen LogP contribution in [0.2, 0.25) is 0 Å². The Morgan fingerprint density at radius 2 is 2.03 bits per heavy atom. The number of hydrogen-bond acceptors (Lipinski definition) is 5. The van der Waals surface area contributed by atoms with Gasteiger partial charge in [-0.25, -0.2) is 4.98 Å². The van der Waals surface area contributed by atoms with E-state index in [1.54, 1.807) is 14.2 Å². The van der Waals surface area contributed by atoms with Crippen molar-refractivity contribution in [3.8, 4) is 11.5 Å². The monoisotopic (exact) mass is 408 g/mol. The zero-order chi connectivity index (χ0) is 21.1. The number of piperidine rings is 1. The molecule has 1 amide bonds. The number of hydrogen-bond donors (Lipinski definition) is 1. The van der Waals surface area contributed by atoms with Crippen LogP contribution in [-0.4, -0.2) is 42.8 Å². The van der Waals surface area contributed by atoms with E-state index in [2.05, 4.69) is 20.9 Å². The van der Waals surface area contributed by atoms with Crippen LogP contribution < -0.4 is 19.7 Å². The Bertz CT molecular complexity index is 1050. The fourth-order valence-electron chi connectivity index (χ4n) is 4.11. The molecule has 7 heteroatoms. The lowest BCUT2D eigenvalue weighted by molar-refractivity contribution is -0.125. The Morgan fingerprint density at radius 1 is 1.20 bits per heavy atom. The average Bonchev–Trinajstić information content (AvgIpc) is 3.14. The number of imidazole rings is 1. The number of benzene rings is 2. The summed E-state index contributed by atoms with van der Waals surface area (Å²) in [6, 6.07) is 13.7. The number of methoxy groups -OCH3 is 2. The van der Waals surface area contributed by atoms with Crippen LogP contribution in [0.5, 0.6) is 11.5 Å². The molecule has 3 aromatic rings. The van der Waals surface area contributed by atoms with Crippen molar-refractivity contribution >= 4 is 22.9 Å². The number of anilines is 1. The molecule has 1 fully saturated rings. The first-order chi connectivity index (χ1) is 14.6. The number of carbonyl (C=O) groups excluding carboxylic acids is 1. The number of fused-ring (bicyclic) bond motifs is 1. The van der Waals surface area contributed by atoms with Crippen molar-refractivity contribution in [3.05, 3.63) is 48.0 Å². The number of para-hydroxylation sites is 2. The zero-order valence-corrected chi connectivity index (χ0v) is 17.7. The minimum absolute atomic E-state index is 0.0661. The van der Waals surface area contributed by atoms with E-state index in [0.29, 0.717) is 18.8 Å². The molecule has 1 saturated heterocycles. The highest BCUT2D eigenvalue weighted by atomic mass is 16.5. The van der Waals surface area contributed by atoms with Crippen LogP contribution in [0.1, 0.15) is 18.4 Å². The predicted octanol–water partition coefficient (Wildman–Crippen LogP) is 3.12. The van der Waals surface area contributed by atoms with Crippen LogP contribution in [-0.2, 0) is 18.4 Å². The van der Waals surface area contributed by atoms with Gasteiger partial charge in [0.1, 0.15) is 11.5 Å². The number of nitrogens with zero attached hydrogens (tertiary/aromatic N) is 3. The Hall–Kier alpha value is -3.22. The van der Waals surface area contributed by atoms with Crippen molar-refractivity contribution in [3.63, 3.8) is 0 Å². The van der Waals surface area contributed by atoms with E-state index in [4.69, 9.17) is 14.5 Å². The third kappa shape index (κ3) is 3.92. The van der Waals surface area contributed by atoms with E-state index in [0.717, 1.165) is 47.7 Å². The molecule has 0 aliphatic carbocycles. The van der Waals surface area contributed by atoms with Gasteiger partial charge in [-0.15, -0.1) is 0 Å². The second-order valence-corrected chi connectivity index (χ2v) is 7.64. The molecular formula is C23H28N4O3. The fraction of sp³-hybridized carbons (Fsp3) is 0.391. The molecule has 1 aromatic heterocycles. The van der Waals surface area contributed by atoms with E-state index in [-0.39, 0.29) is 11.8 Å². The van der Waals surface area contributed by atoms with E-state index in [9.17, 15) is 4.79 Å². The SMILES string of the molecule is COc1ccc(CNC(=O)[C@H]2CCCN(c3nc4ccccc4n3C)C2)c(OC)c1. The molecule has 1 N–H and O–H groups in total. The molecule has 4 rings (SSSR count). The summed E-state index contributed by atoms with van der Waals surface area (Å²) in [5, 5.41) is 3.08. The molecule has 0 unspecified atom stereocenters. The van der Waals surface area contributed by atoms with E-state index >= 15 is 0 Å². The van der Waals surface area contributed by atoms with Gasteiger partial charge in [-0.2, -0.15) is 0 Å². The molecule has 7 nitrogen and oxygen atoms in total. The first kappa shape index (κ1) is 20.1. The highest BCUT2D eigenvalue weighted by molar-refractivity contribution is 5.81. The molecule has 2 aromatic carbocycles. The number of aryl methyl sites for hydroxylation is 1. The third-order valence-electron chi connectivity index (χ3n) is 5.79. The molecule has 1 aliphatic rings. The third-order valence-corrected chi connectivity index (χ3v) is 5.79. The zero-order valence-electron chi connectivity index (χ0n) is 17.7. The summed E-state index contributed by atoms with van der Waals surface area (Å²) in [7, 11) is 5.27. The first-order valence-electron chi connectivity index (χ1n) is 10.3. The number of nitrogens with one attached hydrogen (secondary N) is 1. The Labute approximate surface area is 176 Å². The maximum absolute atomic E-state index is 12.9. The Kier molecular flexibility index (Phi) is 5.79. The summed E-state index contributed by atoms with van der Waals surface area (Å²) in [4.78, 5) is 19.9. The number of amides is 1. The van der Waals surface area contributed by atoms with Crippen LogP contribution >= 0.6 is 0 Å². The number of aromatic nitrogens is 2. The van der Waals surface area contributed by atoms with Gasteiger partial charge in [-0.1, -0.05) is 12.1 Å². The lowest BCUT2D eigenvalue weighted by Crippen LogP contribution is -2.43.